The first-order chi connectivity index (χ1) is 8.65. The molecule has 90 valence electrons. The van der Waals surface area contributed by atoms with Crippen molar-refractivity contribution in [3.63, 3.8) is 0 Å². The summed E-state index contributed by atoms with van der Waals surface area (Å²) in [6, 6.07) is 10.7. The molecule has 4 nitrogen and oxygen atoms in total. The lowest BCUT2D eigenvalue weighted by molar-refractivity contribution is -0.667. The van der Waals surface area contributed by atoms with Gasteiger partial charge in [0.1, 0.15) is 0 Å². The van der Waals surface area contributed by atoms with Crippen LogP contribution in [-0.4, -0.2) is 9.50 Å². The summed E-state index contributed by atoms with van der Waals surface area (Å²) in [6.45, 7) is 0. The van der Waals surface area contributed by atoms with Crippen LogP contribution in [0.1, 0.15) is 0 Å². The van der Waals surface area contributed by atoms with Crippen molar-refractivity contribution in [1.82, 2.24) is 9.50 Å². The van der Waals surface area contributed by atoms with E-state index in [1.165, 1.54) is 4.52 Å². The van der Waals surface area contributed by atoms with Crippen LogP contribution >= 0.6 is 27.5 Å². The van der Waals surface area contributed by atoms with E-state index < -0.39 is 0 Å². The van der Waals surface area contributed by atoms with Gasteiger partial charge in [-0.2, -0.15) is 0 Å². The van der Waals surface area contributed by atoms with Gasteiger partial charge in [-0.1, -0.05) is 27.5 Å². The van der Waals surface area contributed by atoms with Crippen LogP contribution in [0.15, 0.2) is 47.1 Å². The molecule has 0 aliphatic heterocycles. The number of rotatable bonds is 1. The van der Waals surface area contributed by atoms with Crippen molar-refractivity contribution in [3.8, 4) is 11.4 Å². The molecule has 0 saturated carbocycles. The summed E-state index contributed by atoms with van der Waals surface area (Å²) in [4.78, 5) is 5.03. The van der Waals surface area contributed by atoms with Crippen molar-refractivity contribution in [2.45, 2.75) is 0 Å². The summed E-state index contributed by atoms with van der Waals surface area (Å²) in [5, 5.41) is 12.6. The average Bonchev–Trinajstić information content (AvgIpc) is 2.67. The highest BCUT2D eigenvalue weighted by Gasteiger charge is 2.18. The van der Waals surface area contributed by atoms with E-state index in [-0.39, 0.29) is 0 Å². The summed E-state index contributed by atoms with van der Waals surface area (Å²) in [5.41, 5.74) is 1.28. The maximum Gasteiger partial charge on any atom is 0.355 e. The van der Waals surface area contributed by atoms with Gasteiger partial charge in [0.05, 0.1) is 11.8 Å². The third-order valence-electron chi connectivity index (χ3n) is 2.58. The van der Waals surface area contributed by atoms with Crippen molar-refractivity contribution in [3.05, 3.63) is 57.3 Å². The quantitative estimate of drug-likeness (QED) is 0.510. The lowest BCUT2D eigenvalue weighted by atomic mass is 10.2. The maximum atomic E-state index is 12.1. The number of hydrogen-bond donors (Lipinski definition) is 0. The van der Waals surface area contributed by atoms with Crippen LogP contribution in [-0.2, 0) is 0 Å². The van der Waals surface area contributed by atoms with Gasteiger partial charge in [-0.3, -0.25) is 0 Å². The third kappa shape index (κ3) is 1.85. The fourth-order valence-electron chi connectivity index (χ4n) is 1.72. The SMILES string of the molecule is [O-][n+]1c(-c2ccc(Br)cc2)nc2cc(Cl)ccn21. The summed E-state index contributed by atoms with van der Waals surface area (Å²) in [6.07, 6.45) is 1.60. The van der Waals surface area contributed by atoms with E-state index in [4.69, 9.17) is 11.6 Å². The molecule has 1 aromatic carbocycles. The van der Waals surface area contributed by atoms with Crippen LogP contribution in [0.5, 0.6) is 0 Å². The zero-order valence-electron chi connectivity index (χ0n) is 9.05. The van der Waals surface area contributed by atoms with Crippen LogP contribution in [0.3, 0.4) is 0 Å². The molecule has 18 heavy (non-hydrogen) atoms. The number of hydrogen-bond acceptors (Lipinski definition) is 2. The molecule has 0 saturated heterocycles. The molecule has 0 amide bonds. The molecule has 0 unspecified atom stereocenters. The number of aromatic nitrogens is 3. The fourth-order valence-corrected chi connectivity index (χ4v) is 2.14. The van der Waals surface area contributed by atoms with Gasteiger partial charge in [-0.15, -0.1) is 9.36 Å². The Morgan fingerprint density at radius 1 is 1.22 bits per heavy atom. The topological polar surface area (TPSA) is 44.2 Å². The lowest BCUT2D eigenvalue weighted by Crippen LogP contribution is -2.34. The zero-order chi connectivity index (χ0) is 12.7. The van der Waals surface area contributed by atoms with Gasteiger partial charge in [0.2, 0.25) is 0 Å². The van der Waals surface area contributed by atoms with Gasteiger partial charge < -0.3 is 5.21 Å². The van der Waals surface area contributed by atoms with Crippen LogP contribution in [0.25, 0.3) is 17.0 Å². The predicted molar refractivity (Wildman–Crippen MR) is 72.3 cm³/mol. The van der Waals surface area contributed by atoms with E-state index >= 15 is 0 Å². The Morgan fingerprint density at radius 2 is 1.94 bits per heavy atom. The molecule has 0 aliphatic rings. The Bertz CT molecular complexity index is 724. The molecule has 0 spiro atoms. The second-order valence-corrected chi connectivity index (χ2v) is 5.12. The Hall–Kier alpha value is -1.59. The van der Waals surface area contributed by atoms with E-state index in [1.54, 1.807) is 18.3 Å². The Morgan fingerprint density at radius 3 is 2.67 bits per heavy atom. The first-order valence-electron chi connectivity index (χ1n) is 5.18. The highest BCUT2D eigenvalue weighted by atomic mass is 79.9. The van der Waals surface area contributed by atoms with Gasteiger partial charge in [0.15, 0.2) is 0 Å². The minimum Gasteiger partial charge on any atom is -0.692 e. The Labute approximate surface area is 116 Å². The van der Waals surface area contributed by atoms with Crippen molar-refractivity contribution in [2.75, 3.05) is 0 Å². The van der Waals surface area contributed by atoms with E-state index in [0.717, 1.165) is 14.9 Å². The van der Waals surface area contributed by atoms with E-state index in [9.17, 15) is 5.21 Å². The molecule has 0 radical (unpaired) electrons. The number of nitrogens with zero attached hydrogens (tertiary/aromatic N) is 3. The van der Waals surface area contributed by atoms with Crippen molar-refractivity contribution < 1.29 is 4.85 Å². The minimum absolute atomic E-state index is 0.352. The van der Waals surface area contributed by atoms with Gasteiger partial charge in [-0.05, 0) is 35.3 Å². The van der Waals surface area contributed by atoms with Gasteiger partial charge in [0, 0.05) is 15.6 Å². The molecule has 0 fully saturated rings. The summed E-state index contributed by atoms with van der Waals surface area (Å²) in [7, 11) is 0. The van der Waals surface area contributed by atoms with Crippen LogP contribution < -0.4 is 4.85 Å². The van der Waals surface area contributed by atoms with Gasteiger partial charge in [-0.25, -0.2) is 0 Å². The highest BCUT2D eigenvalue weighted by molar-refractivity contribution is 9.10. The lowest BCUT2D eigenvalue weighted by Gasteiger charge is -2.01. The first kappa shape index (κ1) is 11.5. The highest BCUT2D eigenvalue weighted by Crippen LogP contribution is 2.19. The standard InChI is InChI=1S/C12H7BrClN3O/c13-9-3-1-8(2-4-9)12-15-11-7-10(14)5-6-16(11)17(12)18/h1-7H. The number of pyridine rings is 1. The molecular weight excluding hydrogens is 318 g/mol. The Kier molecular flexibility index (Phi) is 2.72. The molecule has 0 atom stereocenters. The molecule has 0 N–H and O–H groups in total. The largest absolute Gasteiger partial charge is 0.692 e. The summed E-state index contributed by atoms with van der Waals surface area (Å²) < 4.78 is 2.36. The van der Waals surface area contributed by atoms with Crippen LogP contribution in [0, 0.1) is 5.21 Å². The number of halogens is 2. The normalized spacial score (nSPS) is 11.0. The summed E-state index contributed by atoms with van der Waals surface area (Å²) >= 11 is 9.23. The van der Waals surface area contributed by atoms with Crippen LogP contribution in [0.2, 0.25) is 5.02 Å². The van der Waals surface area contributed by atoms with Gasteiger partial charge in [0.25, 0.3) is 5.65 Å². The monoisotopic (exact) mass is 323 g/mol. The van der Waals surface area contributed by atoms with Crippen molar-refractivity contribution in [2.24, 2.45) is 0 Å². The maximum absolute atomic E-state index is 12.1. The predicted octanol–water partition coefficient (Wildman–Crippen LogP) is 3.05. The molecule has 3 aromatic rings. The van der Waals surface area contributed by atoms with Crippen molar-refractivity contribution in [1.29, 1.82) is 0 Å². The third-order valence-corrected chi connectivity index (χ3v) is 3.34. The molecule has 2 aromatic heterocycles. The second-order valence-electron chi connectivity index (χ2n) is 3.76. The van der Waals surface area contributed by atoms with Gasteiger partial charge >= 0.3 is 5.82 Å². The summed E-state index contributed by atoms with van der Waals surface area (Å²) in [5.74, 6) is 0.352. The smallest absolute Gasteiger partial charge is 0.355 e. The van der Waals surface area contributed by atoms with E-state index in [1.807, 2.05) is 24.3 Å². The average molecular weight is 325 g/mol. The molecule has 3 rings (SSSR count). The molecule has 0 bridgehead atoms. The first-order valence-corrected chi connectivity index (χ1v) is 6.35. The fraction of sp³-hybridized carbons (Fsp3) is 0. The second kappa shape index (κ2) is 4.26. The zero-order valence-corrected chi connectivity index (χ0v) is 11.4. The number of benzene rings is 1. The molecule has 2 heterocycles. The molecular formula is C12H7BrClN3O. The van der Waals surface area contributed by atoms with E-state index in [0.29, 0.717) is 16.5 Å². The minimum atomic E-state index is 0.352. The van der Waals surface area contributed by atoms with Crippen LogP contribution in [0.4, 0.5) is 0 Å². The number of fused-ring (bicyclic) bond motifs is 1. The van der Waals surface area contributed by atoms with Crippen molar-refractivity contribution >= 4 is 33.2 Å². The van der Waals surface area contributed by atoms with E-state index in [2.05, 4.69) is 20.9 Å². The molecule has 6 heteroatoms. The molecule has 0 aliphatic carbocycles. The Balaban J connectivity index is 2.23.